The van der Waals surface area contributed by atoms with Gasteiger partial charge in [-0.3, -0.25) is 4.90 Å². The molecule has 2 fully saturated rings. The van der Waals surface area contributed by atoms with Crippen molar-refractivity contribution >= 4 is 0 Å². The van der Waals surface area contributed by atoms with Crippen molar-refractivity contribution in [3.05, 3.63) is 0 Å². The number of rotatable bonds is 4. The van der Waals surface area contributed by atoms with E-state index >= 15 is 0 Å². The molecule has 94 valence electrons. The number of hydrogen-bond acceptors (Lipinski definition) is 3. The fraction of sp³-hybridized carbons (Fsp3) is 1.00. The maximum Gasteiger partial charge on any atom is 0.0238 e. The minimum atomic E-state index is 0.680. The highest BCUT2D eigenvalue weighted by Gasteiger charge is 2.29. The van der Waals surface area contributed by atoms with Crippen molar-refractivity contribution in [2.24, 2.45) is 0 Å². The maximum atomic E-state index is 3.62. The normalized spacial score (nSPS) is 32.1. The predicted molar refractivity (Wildman–Crippen MR) is 68.8 cm³/mol. The molecule has 2 unspecified atom stereocenters. The molecule has 1 N–H and O–H groups in total. The quantitative estimate of drug-likeness (QED) is 0.774. The highest BCUT2D eigenvalue weighted by Crippen LogP contribution is 2.19. The van der Waals surface area contributed by atoms with Gasteiger partial charge in [-0.15, -0.1) is 0 Å². The van der Waals surface area contributed by atoms with Crippen LogP contribution in [-0.2, 0) is 0 Å². The first kappa shape index (κ1) is 12.3. The zero-order chi connectivity index (χ0) is 11.5. The van der Waals surface area contributed by atoms with Crippen LogP contribution in [0.2, 0.25) is 0 Å². The van der Waals surface area contributed by atoms with Crippen LogP contribution >= 0.6 is 0 Å². The molecule has 2 aliphatic rings. The standard InChI is InChI=1S/C13H27N3/c1-11(2)16(9-12-5-4-7-14-12)13-6-8-15(3)10-13/h11-14H,4-10H2,1-3H3. The van der Waals surface area contributed by atoms with Crippen molar-refractivity contribution in [1.82, 2.24) is 15.1 Å². The van der Waals surface area contributed by atoms with E-state index in [9.17, 15) is 0 Å². The summed E-state index contributed by atoms with van der Waals surface area (Å²) in [5.41, 5.74) is 0. The van der Waals surface area contributed by atoms with Crippen molar-refractivity contribution in [3.63, 3.8) is 0 Å². The van der Waals surface area contributed by atoms with E-state index in [1.54, 1.807) is 0 Å². The molecule has 2 rings (SSSR count). The van der Waals surface area contributed by atoms with Crippen LogP contribution in [0.5, 0.6) is 0 Å². The van der Waals surface area contributed by atoms with E-state index in [0.717, 1.165) is 12.1 Å². The predicted octanol–water partition coefficient (Wildman–Crippen LogP) is 1.15. The van der Waals surface area contributed by atoms with Crippen molar-refractivity contribution in [3.8, 4) is 0 Å². The third-order valence-corrected chi connectivity index (χ3v) is 4.09. The fourth-order valence-corrected chi connectivity index (χ4v) is 3.13. The summed E-state index contributed by atoms with van der Waals surface area (Å²) in [7, 11) is 2.24. The van der Waals surface area contributed by atoms with Crippen LogP contribution in [0.4, 0.5) is 0 Å². The zero-order valence-corrected chi connectivity index (χ0v) is 11.1. The van der Waals surface area contributed by atoms with Gasteiger partial charge in [0.2, 0.25) is 0 Å². The van der Waals surface area contributed by atoms with Crippen LogP contribution in [0.15, 0.2) is 0 Å². The second-order valence-corrected chi connectivity index (χ2v) is 5.79. The van der Waals surface area contributed by atoms with Crippen LogP contribution in [0.3, 0.4) is 0 Å². The second kappa shape index (κ2) is 5.48. The van der Waals surface area contributed by atoms with Gasteiger partial charge in [0.05, 0.1) is 0 Å². The summed E-state index contributed by atoms with van der Waals surface area (Å²) in [6.07, 6.45) is 4.08. The van der Waals surface area contributed by atoms with E-state index in [1.165, 1.54) is 45.4 Å². The van der Waals surface area contributed by atoms with E-state index in [4.69, 9.17) is 0 Å². The van der Waals surface area contributed by atoms with Gasteiger partial charge in [-0.2, -0.15) is 0 Å². The summed E-state index contributed by atoms with van der Waals surface area (Å²) in [6.45, 7) is 9.68. The van der Waals surface area contributed by atoms with Crippen molar-refractivity contribution in [2.75, 3.05) is 33.2 Å². The first-order valence-corrected chi connectivity index (χ1v) is 6.84. The molecule has 2 saturated heterocycles. The molecule has 0 aromatic rings. The van der Waals surface area contributed by atoms with E-state index in [1.807, 2.05) is 0 Å². The number of nitrogens with one attached hydrogen (secondary N) is 1. The van der Waals surface area contributed by atoms with Crippen molar-refractivity contribution in [2.45, 2.75) is 51.2 Å². The molecule has 3 nitrogen and oxygen atoms in total. The molecule has 2 aliphatic heterocycles. The Morgan fingerprint density at radius 1 is 1.38 bits per heavy atom. The molecule has 16 heavy (non-hydrogen) atoms. The molecule has 0 aromatic heterocycles. The molecule has 0 bridgehead atoms. The first-order valence-electron chi connectivity index (χ1n) is 6.84. The third-order valence-electron chi connectivity index (χ3n) is 4.09. The average Bonchev–Trinajstić information content (AvgIpc) is 2.84. The van der Waals surface area contributed by atoms with E-state index in [2.05, 4.69) is 36.0 Å². The lowest BCUT2D eigenvalue weighted by Gasteiger charge is -2.34. The average molecular weight is 225 g/mol. The Bertz CT molecular complexity index is 211. The zero-order valence-electron chi connectivity index (χ0n) is 11.1. The topological polar surface area (TPSA) is 18.5 Å². The fourth-order valence-electron chi connectivity index (χ4n) is 3.13. The molecule has 0 saturated carbocycles. The highest BCUT2D eigenvalue weighted by molar-refractivity contribution is 4.87. The Morgan fingerprint density at radius 3 is 2.69 bits per heavy atom. The van der Waals surface area contributed by atoms with Gasteiger partial charge in [0.25, 0.3) is 0 Å². The third kappa shape index (κ3) is 2.96. The Balaban J connectivity index is 1.88. The number of nitrogens with zero attached hydrogens (tertiary/aromatic N) is 2. The largest absolute Gasteiger partial charge is 0.313 e. The molecule has 2 atom stereocenters. The molecular formula is C13H27N3. The summed E-state index contributed by atoms with van der Waals surface area (Å²) in [5, 5.41) is 3.62. The van der Waals surface area contributed by atoms with Crippen LogP contribution in [0, 0.1) is 0 Å². The summed E-state index contributed by atoms with van der Waals surface area (Å²) < 4.78 is 0. The minimum Gasteiger partial charge on any atom is -0.313 e. The second-order valence-electron chi connectivity index (χ2n) is 5.79. The molecule has 2 heterocycles. The molecule has 3 heteroatoms. The highest BCUT2D eigenvalue weighted by atomic mass is 15.3. The lowest BCUT2D eigenvalue weighted by molar-refractivity contribution is 0.142. The smallest absolute Gasteiger partial charge is 0.0238 e. The van der Waals surface area contributed by atoms with Gasteiger partial charge in [-0.1, -0.05) is 0 Å². The molecule has 0 spiro atoms. The minimum absolute atomic E-state index is 0.680. The first-order chi connectivity index (χ1) is 7.66. The molecule has 0 aromatic carbocycles. The van der Waals surface area contributed by atoms with Crippen LogP contribution in [0.25, 0.3) is 0 Å². The van der Waals surface area contributed by atoms with Gasteiger partial charge >= 0.3 is 0 Å². The van der Waals surface area contributed by atoms with Gasteiger partial charge in [0.15, 0.2) is 0 Å². The summed E-state index contributed by atoms with van der Waals surface area (Å²) in [5.74, 6) is 0. The number of likely N-dealkylation sites (tertiary alicyclic amines) is 1. The van der Waals surface area contributed by atoms with E-state index < -0.39 is 0 Å². The number of hydrogen-bond donors (Lipinski definition) is 1. The lowest BCUT2D eigenvalue weighted by atomic mass is 10.1. The molecule has 0 radical (unpaired) electrons. The Hall–Kier alpha value is -0.120. The Labute approximate surface area is 100 Å². The summed E-state index contributed by atoms with van der Waals surface area (Å²) in [4.78, 5) is 5.18. The van der Waals surface area contributed by atoms with Crippen LogP contribution in [0.1, 0.15) is 33.1 Å². The van der Waals surface area contributed by atoms with Gasteiger partial charge < -0.3 is 10.2 Å². The Kier molecular flexibility index (Phi) is 4.22. The van der Waals surface area contributed by atoms with Crippen LogP contribution < -0.4 is 5.32 Å². The van der Waals surface area contributed by atoms with Gasteiger partial charge in [0, 0.05) is 31.2 Å². The monoisotopic (exact) mass is 225 g/mol. The van der Waals surface area contributed by atoms with Gasteiger partial charge in [0.1, 0.15) is 0 Å². The van der Waals surface area contributed by atoms with E-state index in [0.29, 0.717) is 6.04 Å². The van der Waals surface area contributed by atoms with E-state index in [-0.39, 0.29) is 0 Å². The summed E-state index contributed by atoms with van der Waals surface area (Å²) >= 11 is 0. The maximum absolute atomic E-state index is 3.62. The number of likely N-dealkylation sites (N-methyl/N-ethyl adjacent to an activating group) is 1. The lowest BCUT2D eigenvalue weighted by Crippen LogP contribution is -2.47. The Morgan fingerprint density at radius 2 is 2.19 bits per heavy atom. The van der Waals surface area contributed by atoms with Crippen molar-refractivity contribution in [1.29, 1.82) is 0 Å². The molecule has 0 aliphatic carbocycles. The summed E-state index contributed by atoms with van der Waals surface area (Å²) in [6, 6.07) is 2.21. The molecular weight excluding hydrogens is 198 g/mol. The van der Waals surface area contributed by atoms with Crippen LogP contribution in [-0.4, -0.2) is 61.2 Å². The van der Waals surface area contributed by atoms with Gasteiger partial charge in [-0.25, -0.2) is 0 Å². The van der Waals surface area contributed by atoms with Crippen molar-refractivity contribution < 1.29 is 0 Å². The van der Waals surface area contributed by atoms with Gasteiger partial charge in [-0.05, 0) is 53.2 Å². The molecule has 0 amide bonds. The SMILES string of the molecule is CC(C)N(CC1CCCN1)C1CCN(C)C1.